The van der Waals surface area contributed by atoms with E-state index in [9.17, 15) is 29.1 Å². The molecule has 5 N–H and O–H groups in total. The van der Waals surface area contributed by atoms with Crippen LogP contribution in [0, 0.1) is 12.3 Å². The van der Waals surface area contributed by atoms with E-state index in [-0.39, 0.29) is 36.7 Å². The second-order valence-corrected chi connectivity index (χ2v) is 16.0. The molecule has 5 amide bonds. The van der Waals surface area contributed by atoms with E-state index in [1.54, 1.807) is 9.80 Å². The van der Waals surface area contributed by atoms with Gasteiger partial charge in [0.1, 0.15) is 24.4 Å². The largest absolute Gasteiger partial charge is 0.491 e. The summed E-state index contributed by atoms with van der Waals surface area (Å²) in [6.07, 6.45) is 6.31. The predicted octanol–water partition coefficient (Wildman–Crippen LogP) is 3.65. The first kappa shape index (κ1) is 39.8. The van der Waals surface area contributed by atoms with E-state index >= 15 is 0 Å². The summed E-state index contributed by atoms with van der Waals surface area (Å²) in [5.74, 6) is -0.395. The van der Waals surface area contributed by atoms with Crippen LogP contribution in [0.3, 0.4) is 0 Å². The zero-order valence-electron chi connectivity index (χ0n) is 31.7. The van der Waals surface area contributed by atoms with Gasteiger partial charge in [-0.25, -0.2) is 0 Å². The number of rotatable bonds is 16. The van der Waals surface area contributed by atoms with Gasteiger partial charge in [0.15, 0.2) is 0 Å². The van der Waals surface area contributed by atoms with Crippen LogP contribution in [0.25, 0.3) is 0 Å². The molecule has 288 valence electrons. The topological polar surface area (TPSA) is 171 Å². The summed E-state index contributed by atoms with van der Waals surface area (Å²) in [4.78, 5) is 67.9. The standard InChI is InChI=1S/C41H57N5O7/c1-26-27(11-6-5-7-17-35(49)44-38(41(2,3)4)40(52)45-22-21-31(47)24-45)12-9-16-33(26)53-25-30(19-20-34(42)48)43-39(51)32-23-29-15-8-13-28-14-10-18-36(50)46(32)37(28)29/h8-9,12-13,15-16,30-32,38,47H,5-7,10-11,14,17-25H2,1-4H3,(H2,42,48)(H,43,51)(H,44,49)/t30-,31+,32-,38+/m0/s1. The molecular formula is C41H57N5O7. The Bertz CT molecular complexity index is 1670. The number of aliphatic hydroxyl groups is 1. The molecule has 3 aliphatic heterocycles. The molecule has 53 heavy (non-hydrogen) atoms. The highest BCUT2D eigenvalue weighted by Gasteiger charge is 2.41. The van der Waals surface area contributed by atoms with E-state index in [1.165, 1.54) is 0 Å². The molecule has 0 aliphatic carbocycles. The van der Waals surface area contributed by atoms with Crippen molar-refractivity contribution in [3.63, 3.8) is 0 Å². The van der Waals surface area contributed by atoms with Crippen LogP contribution in [0.2, 0.25) is 0 Å². The van der Waals surface area contributed by atoms with Crippen molar-refractivity contribution in [2.45, 2.75) is 129 Å². The van der Waals surface area contributed by atoms with Crippen molar-refractivity contribution in [2.24, 2.45) is 11.1 Å². The number of para-hydroxylation sites is 1. The second-order valence-electron chi connectivity index (χ2n) is 16.0. The minimum absolute atomic E-state index is 0.0460. The molecule has 0 spiro atoms. The van der Waals surface area contributed by atoms with Gasteiger partial charge in [-0.1, -0.05) is 57.5 Å². The number of nitrogens with two attached hydrogens (primary N) is 1. The molecule has 5 rings (SSSR count). The number of β-amino-alcohol motifs (C(OH)–C–C–N with tert-alkyl or cyclic N) is 1. The van der Waals surface area contributed by atoms with Gasteiger partial charge in [-0.15, -0.1) is 0 Å². The van der Waals surface area contributed by atoms with Gasteiger partial charge in [-0.2, -0.15) is 0 Å². The number of ether oxygens (including phenoxy) is 1. The number of aliphatic hydroxyl groups excluding tert-OH is 1. The fraction of sp³-hybridized carbons (Fsp3) is 0.585. The molecule has 12 heteroatoms. The van der Waals surface area contributed by atoms with Crippen molar-refractivity contribution in [3.8, 4) is 5.75 Å². The maximum Gasteiger partial charge on any atom is 0.245 e. The smallest absolute Gasteiger partial charge is 0.245 e. The highest BCUT2D eigenvalue weighted by Crippen LogP contribution is 2.39. The zero-order valence-corrected chi connectivity index (χ0v) is 31.7. The van der Waals surface area contributed by atoms with Gasteiger partial charge in [0, 0.05) is 38.8 Å². The van der Waals surface area contributed by atoms with Crippen LogP contribution in [0.4, 0.5) is 5.69 Å². The second kappa shape index (κ2) is 17.6. The third-order valence-corrected chi connectivity index (χ3v) is 10.7. The highest BCUT2D eigenvalue weighted by atomic mass is 16.5. The molecule has 4 atom stereocenters. The normalized spacial score (nSPS) is 19.3. The van der Waals surface area contributed by atoms with Crippen molar-refractivity contribution in [1.82, 2.24) is 15.5 Å². The quantitative estimate of drug-likeness (QED) is 0.191. The number of aryl methyl sites for hydroxylation is 2. The van der Waals surface area contributed by atoms with Crippen LogP contribution >= 0.6 is 0 Å². The summed E-state index contributed by atoms with van der Waals surface area (Å²) in [6.45, 7) is 8.73. The molecule has 1 fully saturated rings. The first-order valence-electron chi connectivity index (χ1n) is 19.2. The van der Waals surface area contributed by atoms with Crippen molar-refractivity contribution >= 4 is 35.2 Å². The summed E-state index contributed by atoms with van der Waals surface area (Å²) in [7, 11) is 0. The maximum atomic E-state index is 13.7. The SMILES string of the molecule is Cc1c(CCCCCC(=O)N[C@H](C(=O)N2CC[C@@H](O)C2)C(C)(C)C)cccc1OC[C@H](CCC(N)=O)NC(=O)[C@@H]1Cc2cccc3c2N1C(=O)CCC3. The third kappa shape index (κ3) is 10.2. The Balaban J connectivity index is 1.12. The van der Waals surface area contributed by atoms with E-state index in [2.05, 4.69) is 16.7 Å². The number of hydrogen-bond acceptors (Lipinski definition) is 7. The number of benzene rings is 2. The molecule has 0 saturated carbocycles. The molecule has 2 aromatic rings. The number of anilines is 1. The van der Waals surface area contributed by atoms with Crippen LogP contribution < -0.4 is 26.0 Å². The Morgan fingerprint density at radius 3 is 2.47 bits per heavy atom. The van der Waals surface area contributed by atoms with Crippen molar-refractivity contribution in [1.29, 1.82) is 0 Å². The van der Waals surface area contributed by atoms with Gasteiger partial charge in [-0.05, 0) is 85.6 Å². The van der Waals surface area contributed by atoms with Crippen LogP contribution in [0.15, 0.2) is 36.4 Å². The minimum atomic E-state index is -0.656. The van der Waals surface area contributed by atoms with Crippen molar-refractivity contribution in [3.05, 3.63) is 58.7 Å². The number of carbonyl (C=O) groups excluding carboxylic acids is 5. The Hall–Kier alpha value is -4.45. The first-order chi connectivity index (χ1) is 25.2. The van der Waals surface area contributed by atoms with Crippen molar-refractivity contribution in [2.75, 3.05) is 24.6 Å². The summed E-state index contributed by atoms with van der Waals surface area (Å²) < 4.78 is 6.26. The van der Waals surface area contributed by atoms with E-state index < -0.39 is 35.6 Å². The molecule has 12 nitrogen and oxygen atoms in total. The van der Waals surface area contributed by atoms with Crippen LogP contribution in [-0.4, -0.2) is 83.5 Å². The molecule has 3 heterocycles. The molecule has 0 aromatic heterocycles. The minimum Gasteiger partial charge on any atom is -0.491 e. The summed E-state index contributed by atoms with van der Waals surface area (Å²) in [6, 6.07) is 10.1. The number of carbonyl (C=O) groups is 5. The number of nitrogens with one attached hydrogen (secondary N) is 2. The number of nitrogens with zero attached hydrogens (tertiary/aromatic N) is 2. The van der Waals surface area contributed by atoms with Crippen LogP contribution in [0.5, 0.6) is 5.75 Å². The van der Waals surface area contributed by atoms with Gasteiger partial charge in [0.05, 0.1) is 17.8 Å². The molecular weight excluding hydrogens is 674 g/mol. The van der Waals surface area contributed by atoms with E-state index in [1.807, 2.05) is 58.0 Å². The Labute approximate surface area is 313 Å². The van der Waals surface area contributed by atoms with Crippen molar-refractivity contribution < 1.29 is 33.8 Å². The van der Waals surface area contributed by atoms with E-state index in [0.717, 1.165) is 60.0 Å². The average molecular weight is 732 g/mol. The van der Waals surface area contributed by atoms with Gasteiger partial charge in [0.2, 0.25) is 29.5 Å². The van der Waals surface area contributed by atoms with Gasteiger partial charge in [-0.3, -0.25) is 28.9 Å². The van der Waals surface area contributed by atoms with Gasteiger partial charge >= 0.3 is 0 Å². The summed E-state index contributed by atoms with van der Waals surface area (Å²) in [5.41, 5.74) is 10.1. The monoisotopic (exact) mass is 731 g/mol. The fourth-order valence-electron chi connectivity index (χ4n) is 7.71. The molecule has 0 bridgehead atoms. The first-order valence-corrected chi connectivity index (χ1v) is 19.2. The highest BCUT2D eigenvalue weighted by molar-refractivity contribution is 6.04. The number of primary amides is 1. The number of likely N-dealkylation sites (tertiary alicyclic amines) is 1. The lowest BCUT2D eigenvalue weighted by molar-refractivity contribution is -0.138. The van der Waals surface area contributed by atoms with Crippen LogP contribution in [0.1, 0.15) is 101 Å². The predicted molar refractivity (Wildman–Crippen MR) is 202 cm³/mol. The number of unbranched alkanes of at least 4 members (excludes halogenated alkanes) is 2. The number of amides is 5. The molecule has 2 aromatic carbocycles. The average Bonchev–Trinajstić information content (AvgIpc) is 3.68. The molecule has 3 aliphatic rings. The fourth-order valence-corrected chi connectivity index (χ4v) is 7.71. The Morgan fingerprint density at radius 1 is 1.00 bits per heavy atom. The lowest BCUT2D eigenvalue weighted by Gasteiger charge is -2.33. The van der Waals surface area contributed by atoms with Gasteiger partial charge < -0.3 is 31.1 Å². The molecule has 1 saturated heterocycles. The lowest BCUT2D eigenvalue weighted by Crippen LogP contribution is -2.54. The Kier molecular flexibility index (Phi) is 13.2. The maximum absolute atomic E-state index is 13.7. The molecule has 0 radical (unpaired) electrons. The zero-order chi connectivity index (χ0) is 38.3. The third-order valence-electron chi connectivity index (χ3n) is 10.7. The van der Waals surface area contributed by atoms with Crippen LogP contribution in [-0.2, 0) is 43.2 Å². The lowest BCUT2D eigenvalue weighted by atomic mass is 9.85. The molecule has 0 unspecified atom stereocenters. The summed E-state index contributed by atoms with van der Waals surface area (Å²) >= 11 is 0. The number of hydrogen-bond donors (Lipinski definition) is 4. The van der Waals surface area contributed by atoms with Gasteiger partial charge in [0.25, 0.3) is 0 Å². The van der Waals surface area contributed by atoms with E-state index in [0.29, 0.717) is 57.4 Å². The van der Waals surface area contributed by atoms with E-state index in [4.69, 9.17) is 10.5 Å². The Morgan fingerprint density at radius 2 is 1.75 bits per heavy atom. The summed E-state index contributed by atoms with van der Waals surface area (Å²) in [5, 5.41) is 15.9.